The second-order valence-corrected chi connectivity index (χ2v) is 21.5. The quantitative estimate of drug-likeness (QED) is 0.166. The average molecular weight is 1000 g/mol. The molecule has 13 aromatic rings. The number of aromatic nitrogens is 1. The zero-order valence-electron chi connectivity index (χ0n) is 43.0. The molecule has 3 atom stereocenters. The van der Waals surface area contributed by atoms with E-state index in [0.717, 1.165) is 78.3 Å². The van der Waals surface area contributed by atoms with Crippen molar-refractivity contribution in [3.63, 3.8) is 0 Å². The predicted octanol–water partition coefficient (Wildman–Crippen LogP) is 18.7. The molecule has 11 aromatic carbocycles. The van der Waals surface area contributed by atoms with Crippen LogP contribution in [0.2, 0.25) is 0 Å². The van der Waals surface area contributed by atoms with Crippen molar-refractivity contribution < 1.29 is 9.15 Å². The minimum Gasteiger partial charge on any atom is -0.483 e. The van der Waals surface area contributed by atoms with Gasteiger partial charge in [-0.25, -0.2) is 0 Å². The van der Waals surface area contributed by atoms with Gasteiger partial charge in [0.25, 0.3) is 0 Å². The summed E-state index contributed by atoms with van der Waals surface area (Å²) in [7, 11) is 0. The molecule has 2 aliphatic heterocycles. The molecule has 0 amide bonds. The molecule has 368 valence electrons. The molecule has 1 spiro atoms. The molecule has 0 radical (unpaired) electrons. The van der Waals surface area contributed by atoms with Crippen LogP contribution in [0.4, 0.5) is 28.4 Å². The molecule has 4 heterocycles. The first-order valence-electron chi connectivity index (χ1n) is 27.2. The summed E-state index contributed by atoms with van der Waals surface area (Å²) in [5, 5.41) is 7.03. The molecule has 0 fully saturated rings. The van der Waals surface area contributed by atoms with Gasteiger partial charge in [0.15, 0.2) is 5.58 Å². The molecule has 0 bridgehead atoms. The van der Waals surface area contributed by atoms with Crippen molar-refractivity contribution in [1.82, 2.24) is 4.57 Å². The third-order valence-electron chi connectivity index (χ3n) is 17.5. The van der Waals surface area contributed by atoms with Crippen LogP contribution in [0.25, 0.3) is 71.3 Å². The topological polar surface area (TPSA) is 33.8 Å². The van der Waals surface area contributed by atoms with E-state index in [2.05, 4.69) is 277 Å². The standard InChI is InChI=1S/C73H49N3O2/c1-44-20-15-30-53-55-32-18-38-64(71(55)77-69(44)53)74(46-22-5-3-6-23-46)48-40-41-57-60(42-48)73(58-34-12-14-37-63(58)76-62-36-13-11-27-50(62)52-29-17-35-59(73)68(52)76)61-43-66(49-26-9-10-28-51(49)67(57)61)75(47-24-7-4-8-25-47)65-39-19-33-56-54-31-16-21-45(2)70(54)78-72(56)65/h3-43,55,71H,1-2H3. The molecule has 0 saturated carbocycles. The fourth-order valence-electron chi connectivity index (χ4n) is 14.4. The number of anilines is 5. The lowest BCUT2D eigenvalue weighted by Gasteiger charge is -2.41. The second kappa shape index (κ2) is 16.1. The fourth-order valence-corrected chi connectivity index (χ4v) is 14.4. The minimum atomic E-state index is -0.798. The van der Waals surface area contributed by atoms with Gasteiger partial charge in [-0.3, -0.25) is 0 Å². The molecule has 3 unspecified atom stereocenters. The molecule has 4 aliphatic rings. The number of rotatable bonds is 6. The van der Waals surface area contributed by atoms with Crippen LogP contribution in [-0.2, 0) is 5.41 Å². The van der Waals surface area contributed by atoms with Crippen LogP contribution >= 0.6 is 0 Å². The summed E-state index contributed by atoms with van der Waals surface area (Å²) in [6, 6.07) is 85.4. The number of allylic oxidation sites excluding steroid dienone is 2. The molecule has 78 heavy (non-hydrogen) atoms. The van der Waals surface area contributed by atoms with Crippen LogP contribution in [0.1, 0.15) is 44.9 Å². The number of ether oxygens (including phenoxy) is 1. The first-order valence-corrected chi connectivity index (χ1v) is 27.2. The number of hydrogen-bond acceptors (Lipinski definition) is 4. The molecule has 2 aliphatic carbocycles. The zero-order chi connectivity index (χ0) is 51.4. The van der Waals surface area contributed by atoms with Gasteiger partial charge in [0.1, 0.15) is 17.4 Å². The van der Waals surface area contributed by atoms with E-state index in [9.17, 15) is 0 Å². The van der Waals surface area contributed by atoms with Gasteiger partial charge >= 0.3 is 0 Å². The van der Waals surface area contributed by atoms with Gasteiger partial charge in [-0.2, -0.15) is 0 Å². The fraction of sp³-hybridized carbons (Fsp3) is 0.0685. The first kappa shape index (κ1) is 43.4. The van der Waals surface area contributed by atoms with Crippen LogP contribution in [0, 0.1) is 13.8 Å². The lowest BCUT2D eigenvalue weighted by Crippen LogP contribution is -2.34. The zero-order valence-corrected chi connectivity index (χ0v) is 43.0. The van der Waals surface area contributed by atoms with Crippen molar-refractivity contribution in [2.45, 2.75) is 31.3 Å². The van der Waals surface area contributed by atoms with E-state index < -0.39 is 5.41 Å². The third-order valence-corrected chi connectivity index (χ3v) is 17.5. The first-order chi connectivity index (χ1) is 38.6. The highest BCUT2D eigenvalue weighted by Crippen LogP contribution is 2.64. The molecule has 0 saturated heterocycles. The Morgan fingerprint density at radius 1 is 0.462 bits per heavy atom. The summed E-state index contributed by atoms with van der Waals surface area (Å²) in [5.41, 5.74) is 21.9. The van der Waals surface area contributed by atoms with Gasteiger partial charge in [-0.15, -0.1) is 0 Å². The summed E-state index contributed by atoms with van der Waals surface area (Å²) in [5.74, 6) is 1.06. The van der Waals surface area contributed by atoms with Crippen molar-refractivity contribution in [3.05, 3.63) is 293 Å². The number of benzene rings is 11. The molecular formula is C73H49N3O2. The summed E-state index contributed by atoms with van der Waals surface area (Å²) in [6.45, 7) is 4.30. The van der Waals surface area contributed by atoms with Crippen molar-refractivity contribution in [2.24, 2.45) is 0 Å². The Bertz CT molecular complexity index is 4770. The van der Waals surface area contributed by atoms with Crippen molar-refractivity contribution in [2.75, 3.05) is 9.80 Å². The van der Waals surface area contributed by atoms with E-state index in [1.54, 1.807) is 0 Å². The number of hydrogen-bond donors (Lipinski definition) is 0. The maximum atomic E-state index is 7.12. The minimum absolute atomic E-state index is 0.0765. The van der Waals surface area contributed by atoms with E-state index in [0.29, 0.717) is 0 Å². The van der Waals surface area contributed by atoms with Crippen LogP contribution < -0.4 is 14.5 Å². The molecule has 5 nitrogen and oxygen atoms in total. The van der Waals surface area contributed by atoms with Gasteiger partial charge in [0.2, 0.25) is 0 Å². The highest BCUT2D eigenvalue weighted by Gasteiger charge is 2.52. The van der Waals surface area contributed by atoms with E-state index in [4.69, 9.17) is 9.15 Å². The predicted molar refractivity (Wildman–Crippen MR) is 320 cm³/mol. The molecule has 5 heteroatoms. The Kier molecular flexibility index (Phi) is 8.95. The summed E-state index contributed by atoms with van der Waals surface area (Å²) in [6.07, 6.45) is 6.59. The molecule has 0 N–H and O–H groups in total. The Labute approximate surface area is 451 Å². The Hall–Kier alpha value is -9.84. The van der Waals surface area contributed by atoms with Gasteiger partial charge in [0, 0.05) is 55.5 Å². The van der Waals surface area contributed by atoms with E-state index in [1.807, 2.05) is 0 Å². The van der Waals surface area contributed by atoms with E-state index in [-0.39, 0.29) is 12.0 Å². The molecule has 2 aromatic heterocycles. The highest BCUT2D eigenvalue weighted by molar-refractivity contribution is 6.17. The second-order valence-electron chi connectivity index (χ2n) is 21.5. The SMILES string of the molecule is Cc1cccc2c1OC1C(N(c3ccccc3)c3ccc4c(c3)C3(c5ccccc5-n5c6ccccc6c6cccc3c65)c3cc(N(c5ccccc5)c5cccc6c5oc5c(C)cccc56)c5ccccc5c3-4)=CC=CC21. The van der Waals surface area contributed by atoms with Crippen LogP contribution in [0.5, 0.6) is 5.75 Å². The smallest absolute Gasteiger partial charge is 0.159 e. The largest absolute Gasteiger partial charge is 0.483 e. The van der Waals surface area contributed by atoms with Crippen LogP contribution in [-0.4, -0.2) is 10.7 Å². The number of para-hydroxylation sites is 8. The maximum Gasteiger partial charge on any atom is 0.159 e. The van der Waals surface area contributed by atoms with Gasteiger partial charge in [-0.05, 0) is 130 Å². The Morgan fingerprint density at radius 2 is 1.12 bits per heavy atom. The lowest BCUT2D eigenvalue weighted by atomic mass is 9.65. The molecular weight excluding hydrogens is 951 g/mol. The van der Waals surface area contributed by atoms with Crippen molar-refractivity contribution >= 4 is 83.0 Å². The number of furan rings is 1. The summed E-state index contributed by atoms with van der Waals surface area (Å²) in [4.78, 5) is 4.91. The van der Waals surface area contributed by atoms with Crippen molar-refractivity contribution in [3.8, 4) is 22.6 Å². The monoisotopic (exact) mass is 999 g/mol. The third kappa shape index (κ3) is 5.69. The van der Waals surface area contributed by atoms with E-state index >= 15 is 0 Å². The normalized spacial score (nSPS) is 17.3. The molecule has 17 rings (SSSR count). The van der Waals surface area contributed by atoms with Crippen LogP contribution in [0.3, 0.4) is 0 Å². The van der Waals surface area contributed by atoms with Gasteiger partial charge in [-0.1, -0.05) is 182 Å². The highest BCUT2D eigenvalue weighted by atomic mass is 16.5. The average Bonchev–Trinajstić information content (AvgIpc) is 4.42. The van der Waals surface area contributed by atoms with Crippen molar-refractivity contribution in [1.29, 1.82) is 0 Å². The number of fused-ring (bicyclic) bond motifs is 20. The van der Waals surface area contributed by atoms with E-state index in [1.165, 1.54) is 71.8 Å². The summed E-state index contributed by atoms with van der Waals surface area (Å²) < 4.78 is 16.7. The Balaban J connectivity index is 0.994. The lowest BCUT2D eigenvalue weighted by molar-refractivity contribution is 0.252. The van der Waals surface area contributed by atoms with Gasteiger partial charge < -0.3 is 23.5 Å². The van der Waals surface area contributed by atoms with Crippen LogP contribution in [0.15, 0.2) is 259 Å². The Morgan fingerprint density at radius 3 is 1.96 bits per heavy atom. The number of nitrogens with zero attached hydrogens (tertiary/aromatic N) is 3. The maximum absolute atomic E-state index is 7.12. The number of aryl methyl sites for hydroxylation is 2. The van der Waals surface area contributed by atoms with Gasteiger partial charge in [0.05, 0.1) is 39.2 Å². The summed E-state index contributed by atoms with van der Waals surface area (Å²) >= 11 is 0.